The fourth-order valence-electron chi connectivity index (χ4n) is 2.18. The van der Waals surface area contributed by atoms with Gasteiger partial charge >= 0.3 is 0 Å². The molecule has 0 saturated heterocycles. The van der Waals surface area contributed by atoms with Gasteiger partial charge in [-0.05, 0) is 25.0 Å². The standard InChI is InChI=1S/C13H14FNO3/c14-9-3-1-2-8-10(9)12(15-11(8)17)18-7-13(6-16)4-5-13/h1-3,12,16H,4-7H2,(H,15,17). The molecular formula is C13H14FNO3. The number of hydrogen-bond donors (Lipinski definition) is 2. The van der Waals surface area contributed by atoms with Gasteiger partial charge in [0.25, 0.3) is 5.91 Å². The Hall–Kier alpha value is -1.46. The van der Waals surface area contributed by atoms with Gasteiger partial charge in [-0.25, -0.2) is 4.39 Å². The molecule has 0 radical (unpaired) electrons. The zero-order valence-corrected chi connectivity index (χ0v) is 9.78. The van der Waals surface area contributed by atoms with Crippen LogP contribution in [0.25, 0.3) is 0 Å². The number of ether oxygens (including phenoxy) is 1. The van der Waals surface area contributed by atoms with Crippen molar-refractivity contribution in [3.8, 4) is 0 Å². The molecule has 0 spiro atoms. The zero-order valence-electron chi connectivity index (χ0n) is 9.78. The summed E-state index contributed by atoms with van der Waals surface area (Å²) < 4.78 is 19.3. The second kappa shape index (κ2) is 4.03. The molecule has 1 atom stereocenters. The Morgan fingerprint density at radius 3 is 2.94 bits per heavy atom. The van der Waals surface area contributed by atoms with Crippen molar-refractivity contribution in [1.29, 1.82) is 0 Å². The van der Waals surface area contributed by atoms with Gasteiger partial charge in [-0.1, -0.05) is 6.07 Å². The molecule has 0 bridgehead atoms. The summed E-state index contributed by atoms with van der Waals surface area (Å²) in [6.45, 7) is 0.403. The molecule has 3 rings (SSSR count). The van der Waals surface area contributed by atoms with E-state index < -0.39 is 12.0 Å². The minimum atomic E-state index is -0.738. The van der Waals surface area contributed by atoms with Crippen LogP contribution in [0.15, 0.2) is 18.2 Å². The van der Waals surface area contributed by atoms with Gasteiger partial charge in [-0.15, -0.1) is 0 Å². The first-order valence-electron chi connectivity index (χ1n) is 5.97. The highest BCUT2D eigenvalue weighted by Crippen LogP contribution is 2.46. The lowest BCUT2D eigenvalue weighted by Gasteiger charge is -2.18. The minimum Gasteiger partial charge on any atom is -0.396 e. The molecule has 1 aromatic carbocycles. The number of nitrogens with one attached hydrogen (secondary N) is 1. The van der Waals surface area contributed by atoms with Crippen LogP contribution in [-0.2, 0) is 4.74 Å². The van der Waals surface area contributed by atoms with E-state index in [1.165, 1.54) is 12.1 Å². The van der Waals surface area contributed by atoms with Crippen LogP contribution in [-0.4, -0.2) is 24.2 Å². The predicted octanol–water partition coefficient (Wildman–Crippen LogP) is 1.36. The molecule has 0 aromatic heterocycles. The number of aliphatic hydroxyl groups is 1. The number of rotatable bonds is 4. The second-order valence-corrected chi connectivity index (χ2v) is 5.02. The summed E-state index contributed by atoms with van der Waals surface area (Å²) >= 11 is 0. The molecule has 2 aliphatic rings. The van der Waals surface area contributed by atoms with Crippen LogP contribution in [0, 0.1) is 11.2 Å². The number of halogens is 1. The van der Waals surface area contributed by atoms with Crippen molar-refractivity contribution in [1.82, 2.24) is 5.32 Å². The SMILES string of the molecule is O=C1NC(OCC2(CO)CC2)c2c(F)cccc21. The van der Waals surface area contributed by atoms with E-state index >= 15 is 0 Å². The first kappa shape index (κ1) is 11.6. The quantitative estimate of drug-likeness (QED) is 0.849. The first-order valence-corrected chi connectivity index (χ1v) is 5.97. The monoisotopic (exact) mass is 251 g/mol. The fourth-order valence-corrected chi connectivity index (χ4v) is 2.18. The number of aliphatic hydroxyl groups excluding tert-OH is 1. The van der Waals surface area contributed by atoms with Crippen molar-refractivity contribution < 1.29 is 19.0 Å². The highest BCUT2D eigenvalue weighted by atomic mass is 19.1. The van der Waals surface area contributed by atoms with E-state index in [9.17, 15) is 14.3 Å². The van der Waals surface area contributed by atoms with E-state index in [1.807, 2.05) is 0 Å². The van der Waals surface area contributed by atoms with E-state index in [0.29, 0.717) is 12.2 Å². The van der Waals surface area contributed by atoms with Crippen molar-refractivity contribution in [3.63, 3.8) is 0 Å². The molecule has 2 N–H and O–H groups in total. The number of carbonyl (C=O) groups excluding carboxylic acids is 1. The lowest BCUT2D eigenvalue weighted by molar-refractivity contribution is -0.00623. The summed E-state index contributed by atoms with van der Waals surface area (Å²) in [7, 11) is 0. The first-order chi connectivity index (χ1) is 8.65. The topological polar surface area (TPSA) is 58.6 Å². The fraction of sp³-hybridized carbons (Fsp3) is 0.462. The Morgan fingerprint density at radius 2 is 2.28 bits per heavy atom. The molecule has 1 aromatic rings. The molecule has 1 fully saturated rings. The van der Waals surface area contributed by atoms with Crippen LogP contribution in [0.4, 0.5) is 4.39 Å². The van der Waals surface area contributed by atoms with Crippen LogP contribution < -0.4 is 5.32 Å². The van der Waals surface area contributed by atoms with E-state index in [4.69, 9.17) is 4.74 Å². The maximum atomic E-state index is 13.7. The molecule has 1 unspecified atom stereocenters. The summed E-state index contributed by atoms with van der Waals surface area (Å²) in [6.07, 6.45) is 1.08. The van der Waals surface area contributed by atoms with E-state index in [0.717, 1.165) is 12.8 Å². The Balaban J connectivity index is 1.78. The summed E-state index contributed by atoms with van der Waals surface area (Å²) in [6, 6.07) is 4.40. The smallest absolute Gasteiger partial charge is 0.254 e. The Labute approximate surface area is 104 Å². The molecule has 1 saturated carbocycles. The third-order valence-corrected chi connectivity index (χ3v) is 3.67. The Morgan fingerprint density at radius 1 is 1.50 bits per heavy atom. The van der Waals surface area contributed by atoms with Gasteiger partial charge in [-0.2, -0.15) is 0 Å². The van der Waals surface area contributed by atoms with Crippen molar-refractivity contribution in [2.45, 2.75) is 19.1 Å². The molecular weight excluding hydrogens is 237 g/mol. The lowest BCUT2D eigenvalue weighted by Crippen LogP contribution is -2.25. The lowest BCUT2D eigenvalue weighted by atomic mass is 10.1. The van der Waals surface area contributed by atoms with Crippen molar-refractivity contribution >= 4 is 5.91 Å². The Kier molecular flexibility index (Phi) is 2.60. The minimum absolute atomic E-state index is 0.0673. The average Bonchev–Trinajstić information content (AvgIpc) is 3.08. The summed E-state index contributed by atoms with van der Waals surface area (Å²) in [5, 5.41) is 11.8. The van der Waals surface area contributed by atoms with Gasteiger partial charge in [0.2, 0.25) is 0 Å². The van der Waals surface area contributed by atoms with E-state index in [2.05, 4.69) is 5.32 Å². The highest BCUT2D eigenvalue weighted by molar-refractivity contribution is 5.98. The molecule has 1 aliphatic heterocycles. The van der Waals surface area contributed by atoms with Gasteiger partial charge in [0.1, 0.15) is 5.82 Å². The average molecular weight is 251 g/mol. The van der Waals surface area contributed by atoms with Crippen LogP contribution in [0.2, 0.25) is 0 Å². The van der Waals surface area contributed by atoms with Crippen LogP contribution in [0.3, 0.4) is 0 Å². The number of fused-ring (bicyclic) bond motifs is 1. The van der Waals surface area contributed by atoms with E-state index in [-0.39, 0.29) is 23.5 Å². The molecule has 1 amide bonds. The summed E-state index contributed by atoms with van der Waals surface area (Å²) in [4.78, 5) is 11.6. The van der Waals surface area contributed by atoms with Gasteiger partial charge in [0, 0.05) is 11.0 Å². The van der Waals surface area contributed by atoms with Crippen molar-refractivity contribution in [3.05, 3.63) is 35.1 Å². The zero-order chi connectivity index (χ0) is 12.8. The number of amides is 1. The second-order valence-electron chi connectivity index (χ2n) is 5.02. The summed E-state index contributed by atoms with van der Waals surface area (Å²) in [5.74, 6) is -0.756. The number of hydrogen-bond acceptors (Lipinski definition) is 3. The molecule has 4 nitrogen and oxygen atoms in total. The van der Waals surface area contributed by atoms with Gasteiger partial charge in [0.05, 0.1) is 18.8 Å². The maximum absolute atomic E-state index is 13.7. The molecule has 18 heavy (non-hydrogen) atoms. The molecule has 1 heterocycles. The van der Waals surface area contributed by atoms with Crippen LogP contribution in [0.5, 0.6) is 0 Å². The normalized spacial score (nSPS) is 23.7. The third-order valence-electron chi connectivity index (χ3n) is 3.67. The molecule has 96 valence electrons. The van der Waals surface area contributed by atoms with Crippen molar-refractivity contribution in [2.24, 2.45) is 5.41 Å². The predicted molar refractivity (Wildman–Crippen MR) is 61.3 cm³/mol. The van der Waals surface area contributed by atoms with Crippen LogP contribution in [0.1, 0.15) is 35.0 Å². The van der Waals surface area contributed by atoms with Crippen LogP contribution >= 0.6 is 0 Å². The maximum Gasteiger partial charge on any atom is 0.254 e. The Bertz CT molecular complexity index is 499. The third kappa shape index (κ3) is 1.79. The highest BCUT2D eigenvalue weighted by Gasteiger charge is 2.44. The van der Waals surface area contributed by atoms with E-state index in [1.54, 1.807) is 6.07 Å². The van der Waals surface area contributed by atoms with Gasteiger partial charge in [0.15, 0.2) is 6.23 Å². The van der Waals surface area contributed by atoms with Gasteiger partial charge < -0.3 is 15.2 Å². The molecule has 5 heteroatoms. The summed E-state index contributed by atoms with van der Waals surface area (Å²) in [5.41, 5.74) is 0.420. The molecule has 1 aliphatic carbocycles. The largest absolute Gasteiger partial charge is 0.396 e. The number of carbonyl (C=O) groups is 1. The van der Waals surface area contributed by atoms with Crippen molar-refractivity contribution in [2.75, 3.05) is 13.2 Å². The van der Waals surface area contributed by atoms with Gasteiger partial charge in [-0.3, -0.25) is 4.79 Å². The number of benzene rings is 1.